The number of carbonyl (C=O) groups is 4. The maximum atomic E-state index is 12.8. The van der Waals surface area contributed by atoms with Gasteiger partial charge in [0.1, 0.15) is 6.61 Å². The molecule has 0 spiro atoms. The van der Waals surface area contributed by atoms with E-state index in [1.807, 2.05) is 13.8 Å². The van der Waals surface area contributed by atoms with E-state index >= 15 is 0 Å². The van der Waals surface area contributed by atoms with E-state index in [1.54, 1.807) is 31.2 Å². The maximum absolute atomic E-state index is 12.8. The minimum atomic E-state index is -0.641. The summed E-state index contributed by atoms with van der Waals surface area (Å²) in [6.45, 7) is 6.40. The Morgan fingerprint density at radius 1 is 1.06 bits per heavy atom. The summed E-state index contributed by atoms with van der Waals surface area (Å²) in [5.41, 5.74) is 12.3. The molecule has 0 unspecified atom stereocenters. The number of hydrogen-bond acceptors (Lipinski definition) is 6. The molecule has 1 rings (SSSR count). The Hall–Kier alpha value is -3.14. The van der Waals surface area contributed by atoms with E-state index in [9.17, 15) is 19.2 Å². The standard InChI is InChI=1S/C22H35N5O5/c1-4-25-22(31)32-13-15-7-9-17(10-8-15)27-20(29)16(6-5-11-26-21(24)30)12-18(28)19(23)14(2)3/h7-10,14,16,19H,4-6,11-13,23H2,1-3H3,(H,25,31)(H,27,29)(H3,24,26,30)/t16-,19+/m1/s1. The van der Waals surface area contributed by atoms with Gasteiger partial charge < -0.3 is 32.2 Å². The summed E-state index contributed by atoms with van der Waals surface area (Å²) in [5.74, 6) is -1.11. The second kappa shape index (κ2) is 14.0. The fraction of sp³-hybridized carbons (Fsp3) is 0.545. The summed E-state index contributed by atoms with van der Waals surface area (Å²) in [4.78, 5) is 47.5. The van der Waals surface area contributed by atoms with Crippen LogP contribution in [0.3, 0.4) is 0 Å². The minimum Gasteiger partial charge on any atom is -0.445 e. The minimum absolute atomic E-state index is 0.0141. The van der Waals surface area contributed by atoms with Gasteiger partial charge >= 0.3 is 12.1 Å². The number of primary amides is 1. The van der Waals surface area contributed by atoms with Gasteiger partial charge in [0.05, 0.1) is 6.04 Å². The van der Waals surface area contributed by atoms with Crippen LogP contribution in [0.25, 0.3) is 0 Å². The number of Topliss-reactive ketones (excluding diaryl/α,β-unsaturated/α-hetero) is 1. The molecule has 2 atom stereocenters. The number of nitrogens with one attached hydrogen (secondary N) is 3. The predicted octanol–water partition coefficient (Wildman–Crippen LogP) is 1.88. The molecule has 178 valence electrons. The lowest BCUT2D eigenvalue weighted by Gasteiger charge is -2.20. The number of amides is 4. The van der Waals surface area contributed by atoms with E-state index < -0.39 is 24.1 Å². The number of ether oxygens (including phenoxy) is 1. The molecule has 0 fully saturated rings. The number of carbonyl (C=O) groups excluding carboxylic acids is 4. The molecule has 0 bridgehead atoms. The summed E-state index contributed by atoms with van der Waals surface area (Å²) < 4.78 is 5.06. The molecule has 0 radical (unpaired) electrons. The first kappa shape index (κ1) is 26.9. The van der Waals surface area contributed by atoms with Gasteiger partial charge in [-0.2, -0.15) is 0 Å². The third-order valence-electron chi connectivity index (χ3n) is 4.85. The second-order valence-electron chi connectivity index (χ2n) is 7.86. The molecule has 0 aliphatic heterocycles. The number of hydrogen-bond donors (Lipinski definition) is 5. The highest BCUT2D eigenvalue weighted by Crippen LogP contribution is 2.18. The highest BCUT2D eigenvalue weighted by Gasteiger charge is 2.26. The smallest absolute Gasteiger partial charge is 0.407 e. The predicted molar refractivity (Wildman–Crippen MR) is 122 cm³/mol. The normalized spacial score (nSPS) is 12.5. The number of nitrogens with two attached hydrogens (primary N) is 2. The molecule has 0 saturated carbocycles. The van der Waals surface area contributed by atoms with Crippen LogP contribution >= 0.6 is 0 Å². The van der Waals surface area contributed by atoms with Crippen LogP contribution in [0, 0.1) is 11.8 Å². The molecule has 1 aromatic rings. The van der Waals surface area contributed by atoms with Crippen molar-refractivity contribution in [2.75, 3.05) is 18.4 Å². The van der Waals surface area contributed by atoms with Gasteiger partial charge in [0.2, 0.25) is 5.91 Å². The van der Waals surface area contributed by atoms with E-state index in [1.165, 1.54) is 0 Å². The third-order valence-corrected chi connectivity index (χ3v) is 4.85. The molecule has 0 heterocycles. The SMILES string of the molecule is CCNC(=O)OCc1ccc(NC(=O)[C@H](CCCNC(N)=O)CC(=O)[C@@H](N)C(C)C)cc1. The first-order valence-electron chi connectivity index (χ1n) is 10.8. The van der Waals surface area contributed by atoms with E-state index in [2.05, 4.69) is 16.0 Å². The van der Waals surface area contributed by atoms with Crippen molar-refractivity contribution in [2.24, 2.45) is 23.3 Å². The van der Waals surface area contributed by atoms with Crippen molar-refractivity contribution in [1.29, 1.82) is 0 Å². The van der Waals surface area contributed by atoms with Crippen LogP contribution < -0.4 is 27.4 Å². The zero-order valence-electron chi connectivity index (χ0n) is 19.0. The lowest BCUT2D eigenvalue weighted by Crippen LogP contribution is -2.38. The van der Waals surface area contributed by atoms with Gasteiger partial charge in [-0.3, -0.25) is 9.59 Å². The molecular formula is C22H35N5O5. The van der Waals surface area contributed by atoms with Gasteiger partial charge in [-0.1, -0.05) is 26.0 Å². The molecule has 0 aromatic heterocycles. The molecule has 0 saturated heterocycles. The van der Waals surface area contributed by atoms with E-state index in [-0.39, 0.29) is 30.6 Å². The number of urea groups is 1. The lowest BCUT2D eigenvalue weighted by atomic mass is 9.90. The molecule has 32 heavy (non-hydrogen) atoms. The van der Waals surface area contributed by atoms with Crippen molar-refractivity contribution in [3.8, 4) is 0 Å². The topological polar surface area (TPSA) is 166 Å². The molecule has 4 amide bonds. The van der Waals surface area contributed by atoms with Crippen molar-refractivity contribution in [2.45, 2.75) is 52.7 Å². The van der Waals surface area contributed by atoms with Crippen molar-refractivity contribution in [3.05, 3.63) is 29.8 Å². The zero-order valence-corrected chi connectivity index (χ0v) is 19.0. The van der Waals surface area contributed by atoms with Crippen molar-refractivity contribution >= 4 is 29.5 Å². The fourth-order valence-corrected chi connectivity index (χ4v) is 2.91. The lowest BCUT2D eigenvalue weighted by molar-refractivity contribution is -0.127. The Balaban J connectivity index is 2.73. The number of benzene rings is 1. The quantitative estimate of drug-likeness (QED) is 0.288. The number of alkyl carbamates (subject to hydrolysis) is 1. The summed E-state index contributed by atoms with van der Waals surface area (Å²) in [5, 5.41) is 7.83. The Labute approximate surface area is 188 Å². The van der Waals surface area contributed by atoms with Crippen LogP contribution in [0.1, 0.15) is 45.6 Å². The van der Waals surface area contributed by atoms with Crippen LogP contribution in [0.5, 0.6) is 0 Å². The largest absolute Gasteiger partial charge is 0.445 e. The van der Waals surface area contributed by atoms with Gasteiger partial charge in [-0.05, 0) is 43.4 Å². The molecule has 10 heteroatoms. The Bertz CT molecular complexity index is 766. The Kier molecular flexibility index (Phi) is 11.8. The molecule has 10 nitrogen and oxygen atoms in total. The van der Waals surface area contributed by atoms with Crippen molar-refractivity contribution < 1.29 is 23.9 Å². The van der Waals surface area contributed by atoms with Gasteiger partial charge in [-0.15, -0.1) is 0 Å². The molecule has 0 aliphatic rings. The monoisotopic (exact) mass is 449 g/mol. The molecule has 0 aliphatic carbocycles. The van der Waals surface area contributed by atoms with E-state index in [0.29, 0.717) is 31.6 Å². The van der Waals surface area contributed by atoms with Crippen LogP contribution in [-0.2, 0) is 20.9 Å². The number of anilines is 1. The van der Waals surface area contributed by atoms with Crippen LogP contribution in [0.2, 0.25) is 0 Å². The summed E-state index contributed by atoms with van der Waals surface area (Å²) in [6.07, 6.45) is 0.394. The van der Waals surface area contributed by atoms with Crippen LogP contribution in [-0.4, -0.2) is 42.9 Å². The van der Waals surface area contributed by atoms with Gasteiger partial charge in [-0.25, -0.2) is 9.59 Å². The summed E-state index contributed by atoms with van der Waals surface area (Å²) in [7, 11) is 0. The van der Waals surface area contributed by atoms with Crippen LogP contribution in [0.15, 0.2) is 24.3 Å². The summed E-state index contributed by atoms with van der Waals surface area (Å²) in [6, 6.07) is 5.59. The second-order valence-corrected chi connectivity index (χ2v) is 7.86. The fourth-order valence-electron chi connectivity index (χ4n) is 2.91. The highest BCUT2D eigenvalue weighted by molar-refractivity contribution is 5.96. The number of ketones is 1. The zero-order chi connectivity index (χ0) is 24.1. The average Bonchev–Trinajstić information content (AvgIpc) is 2.74. The first-order valence-corrected chi connectivity index (χ1v) is 10.8. The van der Waals surface area contributed by atoms with E-state index in [0.717, 1.165) is 5.56 Å². The Morgan fingerprint density at radius 2 is 1.72 bits per heavy atom. The van der Waals surface area contributed by atoms with Crippen molar-refractivity contribution in [1.82, 2.24) is 10.6 Å². The van der Waals surface area contributed by atoms with Gasteiger partial charge in [0, 0.05) is 31.1 Å². The highest BCUT2D eigenvalue weighted by atomic mass is 16.5. The van der Waals surface area contributed by atoms with Crippen LogP contribution in [0.4, 0.5) is 15.3 Å². The van der Waals surface area contributed by atoms with E-state index in [4.69, 9.17) is 16.2 Å². The molecule has 1 aromatic carbocycles. The Morgan fingerprint density at radius 3 is 2.28 bits per heavy atom. The molecular weight excluding hydrogens is 414 g/mol. The molecule has 7 N–H and O–H groups in total. The first-order chi connectivity index (χ1) is 15.1. The summed E-state index contributed by atoms with van der Waals surface area (Å²) >= 11 is 0. The van der Waals surface area contributed by atoms with Gasteiger partial charge in [0.15, 0.2) is 5.78 Å². The van der Waals surface area contributed by atoms with Gasteiger partial charge in [0.25, 0.3) is 0 Å². The average molecular weight is 450 g/mol. The third kappa shape index (κ3) is 10.3. The number of rotatable bonds is 13. The maximum Gasteiger partial charge on any atom is 0.407 e. The van der Waals surface area contributed by atoms with Crippen molar-refractivity contribution in [3.63, 3.8) is 0 Å².